The number of alkyl halides is 2. The Morgan fingerprint density at radius 1 is 0.815 bits per heavy atom. The van der Waals surface area contributed by atoms with Crippen LogP contribution in [0.25, 0.3) is 11.5 Å². The van der Waals surface area contributed by atoms with Crippen molar-refractivity contribution in [1.82, 2.24) is 9.88 Å². The second-order valence-electron chi connectivity index (χ2n) is 11.0. The molecular weight excluding hydrogens is 734 g/mol. The van der Waals surface area contributed by atoms with Crippen molar-refractivity contribution in [2.75, 3.05) is 13.2 Å². The largest absolute Gasteiger partial charge is 0.493 e. The standard InChI is InChI=1S/C29H26F2N2O7.C9H7ClO4/c1-19-25(32-27(38-19)21-8-3-2-4-9-21)13-14-37-22-10-5-7-20(15-22)17-33(18-26(34)35)29(36)40-24-12-6-11-23(16-24)39-28(30)31;1-6(11)13-7-3-2-4-8(5-7)14-9(10)12/h2-12,15-16,28H,13-14,17-18H2,1H3,(H,34,35);2-5H,1H3. The fraction of sp³-hybridized carbons (Fsp3) is 0.184. The first-order valence-electron chi connectivity index (χ1n) is 16.0. The molecule has 5 aromatic rings. The summed E-state index contributed by atoms with van der Waals surface area (Å²) in [6.45, 7) is -0.364. The van der Waals surface area contributed by atoms with Gasteiger partial charge in [-0.1, -0.05) is 42.5 Å². The number of benzene rings is 4. The molecule has 5 rings (SSSR count). The molecule has 1 heterocycles. The fourth-order valence-electron chi connectivity index (χ4n) is 4.67. The van der Waals surface area contributed by atoms with Crippen molar-refractivity contribution >= 4 is 35.1 Å². The summed E-state index contributed by atoms with van der Waals surface area (Å²) >= 11 is 5.00. The maximum atomic E-state index is 12.7. The van der Waals surface area contributed by atoms with Gasteiger partial charge >= 0.3 is 30.1 Å². The fourth-order valence-corrected chi connectivity index (χ4v) is 4.76. The highest BCUT2D eigenvalue weighted by Crippen LogP contribution is 2.24. The summed E-state index contributed by atoms with van der Waals surface area (Å²) in [6, 6.07) is 27.6. The summed E-state index contributed by atoms with van der Waals surface area (Å²) in [6.07, 6.45) is -0.475. The van der Waals surface area contributed by atoms with Crippen molar-refractivity contribution in [3.8, 4) is 40.2 Å². The summed E-state index contributed by atoms with van der Waals surface area (Å²) in [5, 5.41) is 9.30. The van der Waals surface area contributed by atoms with Crippen LogP contribution in [0, 0.1) is 6.92 Å². The van der Waals surface area contributed by atoms with Crippen LogP contribution in [0.5, 0.6) is 28.7 Å². The van der Waals surface area contributed by atoms with E-state index in [9.17, 15) is 33.1 Å². The van der Waals surface area contributed by atoms with Gasteiger partial charge in [-0.25, -0.2) is 14.6 Å². The zero-order valence-electron chi connectivity index (χ0n) is 28.8. The number of ether oxygens (including phenoxy) is 5. The number of aromatic nitrogens is 1. The third-order valence-electron chi connectivity index (χ3n) is 6.88. The minimum atomic E-state index is -3.05. The Bertz CT molecular complexity index is 2010. The lowest BCUT2D eigenvalue weighted by Gasteiger charge is -2.20. The molecule has 0 aliphatic carbocycles. The number of rotatable bonds is 14. The number of halogens is 3. The summed E-state index contributed by atoms with van der Waals surface area (Å²) < 4.78 is 55.5. The Morgan fingerprint density at radius 3 is 2.07 bits per heavy atom. The first-order chi connectivity index (χ1) is 25.8. The summed E-state index contributed by atoms with van der Waals surface area (Å²) in [5.41, 5.74) is 1.30. The maximum Gasteiger partial charge on any atom is 0.416 e. The number of oxazole rings is 1. The minimum absolute atomic E-state index is 0.0748. The van der Waals surface area contributed by atoms with Crippen LogP contribution in [-0.4, -0.2) is 58.2 Å². The van der Waals surface area contributed by atoms with Gasteiger partial charge in [0.25, 0.3) is 0 Å². The van der Waals surface area contributed by atoms with Gasteiger partial charge in [-0.2, -0.15) is 8.78 Å². The second kappa shape index (κ2) is 19.9. The summed E-state index contributed by atoms with van der Waals surface area (Å²) in [7, 11) is 0. The predicted octanol–water partition coefficient (Wildman–Crippen LogP) is 8.31. The Morgan fingerprint density at radius 2 is 1.43 bits per heavy atom. The molecule has 1 N–H and O–H groups in total. The van der Waals surface area contributed by atoms with Crippen molar-refractivity contribution < 1.29 is 61.2 Å². The molecule has 4 aromatic carbocycles. The first-order valence-corrected chi connectivity index (χ1v) is 16.3. The number of amides is 1. The monoisotopic (exact) mass is 766 g/mol. The molecule has 0 atom stereocenters. The van der Waals surface area contributed by atoms with E-state index >= 15 is 0 Å². The number of carboxylic acids is 1. The molecule has 0 saturated heterocycles. The van der Waals surface area contributed by atoms with E-state index in [1.54, 1.807) is 36.4 Å². The van der Waals surface area contributed by atoms with E-state index < -0.39 is 36.6 Å². The molecule has 0 radical (unpaired) electrons. The van der Waals surface area contributed by atoms with Gasteiger partial charge in [0.15, 0.2) is 0 Å². The lowest BCUT2D eigenvalue weighted by molar-refractivity contribution is -0.138. The van der Waals surface area contributed by atoms with Crippen LogP contribution in [-0.2, 0) is 22.6 Å². The Balaban J connectivity index is 0.000000390. The Kier molecular flexibility index (Phi) is 14.9. The van der Waals surface area contributed by atoms with Crippen molar-refractivity contribution in [3.63, 3.8) is 0 Å². The second-order valence-corrected chi connectivity index (χ2v) is 11.3. The molecule has 282 valence electrons. The first kappa shape index (κ1) is 40.3. The molecule has 13 nitrogen and oxygen atoms in total. The average Bonchev–Trinajstić information content (AvgIpc) is 3.48. The van der Waals surface area contributed by atoms with Crippen molar-refractivity contribution in [3.05, 3.63) is 120 Å². The number of carbonyl (C=O) groups excluding carboxylic acids is 3. The molecular formula is C38H33ClF2N2O11. The quantitative estimate of drug-likeness (QED) is 0.0654. The van der Waals surface area contributed by atoms with Crippen LogP contribution < -0.4 is 23.7 Å². The summed E-state index contributed by atoms with van der Waals surface area (Å²) in [5.74, 6) is 0.302. The smallest absolute Gasteiger partial charge is 0.416 e. The number of esters is 1. The van der Waals surface area contributed by atoms with Crippen LogP contribution in [0.15, 0.2) is 108 Å². The number of carboxylic acid groups (broad SMARTS) is 1. The van der Waals surface area contributed by atoms with Crippen molar-refractivity contribution in [1.29, 1.82) is 0 Å². The van der Waals surface area contributed by atoms with Gasteiger partial charge in [-0.15, -0.1) is 0 Å². The normalized spacial score (nSPS) is 10.4. The van der Waals surface area contributed by atoms with Gasteiger partial charge in [0.05, 0.1) is 12.3 Å². The van der Waals surface area contributed by atoms with E-state index in [0.717, 1.165) is 22.2 Å². The van der Waals surface area contributed by atoms with E-state index in [1.807, 2.05) is 37.3 Å². The zero-order chi connectivity index (χ0) is 39.0. The number of hydrogen-bond donors (Lipinski definition) is 1. The maximum absolute atomic E-state index is 12.7. The molecule has 1 amide bonds. The summed E-state index contributed by atoms with van der Waals surface area (Å²) in [4.78, 5) is 50.6. The Labute approximate surface area is 312 Å². The Hall–Kier alpha value is -6.48. The topological polar surface area (TPSA) is 164 Å². The van der Waals surface area contributed by atoms with Gasteiger partial charge in [0.2, 0.25) is 5.89 Å². The zero-order valence-corrected chi connectivity index (χ0v) is 29.5. The molecule has 0 bridgehead atoms. The highest BCUT2D eigenvalue weighted by atomic mass is 35.5. The molecule has 54 heavy (non-hydrogen) atoms. The number of hydrogen-bond acceptors (Lipinski definition) is 11. The lowest BCUT2D eigenvalue weighted by atomic mass is 10.2. The van der Waals surface area contributed by atoms with Crippen molar-refractivity contribution in [2.24, 2.45) is 0 Å². The average molecular weight is 767 g/mol. The van der Waals surface area contributed by atoms with Gasteiger partial charge < -0.3 is 33.2 Å². The van der Waals surface area contributed by atoms with E-state index in [1.165, 1.54) is 37.3 Å². The van der Waals surface area contributed by atoms with E-state index in [-0.39, 0.29) is 23.8 Å². The number of aryl methyl sites for hydroxylation is 1. The molecule has 0 spiro atoms. The highest BCUT2D eigenvalue weighted by molar-refractivity contribution is 6.61. The molecule has 0 aliphatic rings. The molecule has 0 saturated carbocycles. The number of aliphatic carboxylic acids is 1. The SMILES string of the molecule is CC(=O)Oc1cccc(OC(=O)Cl)c1.Cc1oc(-c2ccccc2)nc1CCOc1cccc(CN(CC(=O)O)C(=O)Oc2cccc(OC(F)F)c2)c1. The molecule has 16 heteroatoms. The predicted molar refractivity (Wildman–Crippen MR) is 189 cm³/mol. The number of nitrogens with zero attached hydrogens (tertiary/aromatic N) is 2. The van der Waals surface area contributed by atoms with E-state index in [0.29, 0.717) is 41.7 Å². The van der Waals surface area contributed by atoms with Gasteiger partial charge in [-0.3, -0.25) is 14.5 Å². The molecule has 0 unspecified atom stereocenters. The number of carbonyl (C=O) groups is 4. The van der Waals surface area contributed by atoms with E-state index in [4.69, 9.17) is 30.2 Å². The van der Waals surface area contributed by atoms with E-state index in [2.05, 4.69) is 14.5 Å². The minimum Gasteiger partial charge on any atom is -0.493 e. The van der Waals surface area contributed by atoms with Crippen molar-refractivity contribution in [2.45, 2.75) is 33.4 Å². The van der Waals surface area contributed by atoms with Crippen LogP contribution in [0.2, 0.25) is 0 Å². The third kappa shape index (κ3) is 13.6. The van der Waals surface area contributed by atoms with Crippen LogP contribution in [0.4, 0.5) is 18.4 Å². The van der Waals surface area contributed by atoms with Gasteiger partial charge in [-0.05, 0) is 61.0 Å². The molecule has 1 aromatic heterocycles. The highest BCUT2D eigenvalue weighted by Gasteiger charge is 2.20. The van der Waals surface area contributed by atoms with Crippen LogP contribution in [0.1, 0.15) is 23.9 Å². The lowest BCUT2D eigenvalue weighted by Crippen LogP contribution is -2.37. The van der Waals surface area contributed by atoms with Gasteiger partial charge in [0, 0.05) is 49.2 Å². The van der Waals surface area contributed by atoms with Gasteiger partial charge in [0.1, 0.15) is 41.1 Å². The molecule has 0 aliphatic heterocycles. The third-order valence-corrected chi connectivity index (χ3v) is 6.96. The van der Waals surface area contributed by atoms with Crippen LogP contribution in [0.3, 0.4) is 0 Å². The van der Waals surface area contributed by atoms with Crippen LogP contribution >= 0.6 is 11.6 Å². The molecule has 0 fully saturated rings.